The molecule has 1 heterocycles. The molecule has 1 unspecified atom stereocenters. The van der Waals surface area contributed by atoms with Crippen LogP contribution in [0.1, 0.15) is 12.0 Å². The molecule has 1 aliphatic rings. The number of carbonyl (C=O) groups excluding carboxylic acids is 2. The van der Waals surface area contributed by atoms with Crippen LogP contribution in [0.15, 0.2) is 77.8 Å². The van der Waals surface area contributed by atoms with Crippen molar-refractivity contribution in [3.63, 3.8) is 0 Å². The number of halogens is 3. The summed E-state index contributed by atoms with van der Waals surface area (Å²) >= 11 is 15.5. The molecule has 4 rings (SSSR count). The number of nitrogens with one attached hydrogen (secondary N) is 1. The van der Waals surface area contributed by atoms with Crippen LogP contribution in [0.2, 0.25) is 10.0 Å². The number of carbonyl (C=O) groups is 2. The van der Waals surface area contributed by atoms with Crippen LogP contribution in [-0.4, -0.2) is 33.7 Å². The molecule has 0 radical (unpaired) electrons. The second-order valence-corrected chi connectivity index (χ2v) is 10.9. The minimum atomic E-state index is -0.579. The summed E-state index contributed by atoms with van der Waals surface area (Å²) in [7, 11) is 0. The number of amidine groups is 1. The predicted octanol–water partition coefficient (Wildman–Crippen LogP) is 6.80. The molecule has 1 N–H and O–H groups in total. The van der Waals surface area contributed by atoms with E-state index >= 15 is 0 Å². The average molecular weight is 624 g/mol. The standard InChI is InChI=1S/C25H20Cl2IN3O2S/c26-17-3-1-16(2-4-17)13-14-31-23(32)15-22(24(33)29-20-11-7-19(28)8-12-20)34-25(31)30-21-9-5-18(27)6-10-21/h1-12,22H,13-15H2,(H,29,33). The van der Waals surface area contributed by atoms with E-state index in [0.717, 1.165) is 9.13 Å². The van der Waals surface area contributed by atoms with E-state index < -0.39 is 5.25 Å². The zero-order valence-corrected chi connectivity index (χ0v) is 22.4. The lowest BCUT2D eigenvalue weighted by atomic mass is 10.1. The molecule has 3 aromatic rings. The van der Waals surface area contributed by atoms with E-state index in [1.807, 2.05) is 48.5 Å². The largest absolute Gasteiger partial charge is 0.325 e. The Morgan fingerprint density at radius 3 is 2.26 bits per heavy atom. The number of thioether (sulfide) groups is 1. The van der Waals surface area contributed by atoms with Gasteiger partial charge in [-0.3, -0.25) is 14.5 Å². The van der Waals surface area contributed by atoms with Crippen LogP contribution in [0, 0.1) is 3.57 Å². The van der Waals surface area contributed by atoms with Crippen molar-refractivity contribution in [1.29, 1.82) is 0 Å². The van der Waals surface area contributed by atoms with Crippen LogP contribution in [0.4, 0.5) is 11.4 Å². The highest BCUT2D eigenvalue weighted by Crippen LogP contribution is 2.30. The van der Waals surface area contributed by atoms with Gasteiger partial charge in [-0.05, 0) is 95.2 Å². The number of aliphatic imine (C=N–C) groups is 1. The molecule has 1 saturated heterocycles. The van der Waals surface area contributed by atoms with Crippen molar-refractivity contribution in [2.45, 2.75) is 18.1 Å². The zero-order valence-electron chi connectivity index (χ0n) is 17.9. The van der Waals surface area contributed by atoms with Crippen LogP contribution in [0.5, 0.6) is 0 Å². The number of hydrogen-bond donors (Lipinski definition) is 1. The Kier molecular flexibility index (Phi) is 8.52. The first-order valence-electron chi connectivity index (χ1n) is 10.5. The molecule has 0 bridgehead atoms. The topological polar surface area (TPSA) is 61.8 Å². The molecule has 0 aliphatic carbocycles. The third kappa shape index (κ3) is 6.75. The maximum atomic E-state index is 13.1. The number of rotatable bonds is 6. The van der Waals surface area contributed by atoms with Crippen molar-refractivity contribution >= 4 is 85.9 Å². The van der Waals surface area contributed by atoms with Gasteiger partial charge in [-0.1, -0.05) is 47.1 Å². The van der Waals surface area contributed by atoms with Gasteiger partial charge in [0.15, 0.2) is 5.17 Å². The highest BCUT2D eigenvalue weighted by Gasteiger charge is 2.35. The van der Waals surface area contributed by atoms with Crippen molar-refractivity contribution in [3.05, 3.63) is 92.0 Å². The summed E-state index contributed by atoms with van der Waals surface area (Å²) in [5.74, 6) is -0.357. The Hall–Kier alpha value is -2.07. The Morgan fingerprint density at radius 2 is 1.62 bits per heavy atom. The van der Waals surface area contributed by atoms with E-state index in [1.54, 1.807) is 29.2 Å². The molecule has 9 heteroatoms. The molecule has 0 aromatic heterocycles. The summed E-state index contributed by atoms with van der Waals surface area (Å²) in [6.07, 6.45) is 0.740. The van der Waals surface area contributed by atoms with Crippen LogP contribution < -0.4 is 5.32 Å². The van der Waals surface area contributed by atoms with Gasteiger partial charge in [0.1, 0.15) is 5.25 Å². The number of hydrogen-bond acceptors (Lipinski definition) is 4. The summed E-state index contributed by atoms with van der Waals surface area (Å²) in [6, 6.07) is 22.1. The van der Waals surface area contributed by atoms with Gasteiger partial charge >= 0.3 is 0 Å². The Morgan fingerprint density at radius 1 is 1.00 bits per heavy atom. The summed E-state index contributed by atoms with van der Waals surface area (Å²) in [6.45, 7) is 0.450. The molecular weight excluding hydrogens is 604 g/mol. The van der Waals surface area contributed by atoms with Gasteiger partial charge in [0.2, 0.25) is 11.8 Å². The molecule has 34 heavy (non-hydrogen) atoms. The van der Waals surface area contributed by atoms with Gasteiger partial charge in [-0.15, -0.1) is 0 Å². The number of amides is 2. The molecule has 2 amide bonds. The van der Waals surface area contributed by atoms with E-state index in [-0.39, 0.29) is 18.2 Å². The lowest BCUT2D eigenvalue weighted by molar-refractivity contribution is -0.129. The first kappa shape index (κ1) is 25.0. The lowest BCUT2D eigenvalue weighted by Gasteiger charge is -2.32. The third-order valence-electron chi connectivity index (χ3n) is 5.13. The SMILES string of the molecule is O=C(Nc1ccc(I)cc1)C1CC(=O)N(CCc2ccc(Cl)cc2)C(=Nc2ccc(Cl)cc2)S1. The van der Waals surface area contributed by atoms with E-state index in [2.05, 4.69) is 27.9 Å². The molecule has 0 spiro atoms. The van der Waals surface area contributed by atoms with Gasteiger partial charge in [0.05, 0.1) is 5.69 Å². The number of benzene rings is 3. The van der Waals surface area contributed by atoms with Crippen LogP contribution in [0.3, 0.4) is 0 Å². The lowest BCUT2D eigenvalue weighted by Crippen LogP contribution is -2.46. The average Bonchev–Trinajstić information content (AvgIpc) is 2.82. The van der Waals surface area contributed by atoms with Gasteiger partial charge < -0.3 is 5.32 Å². The Balaban J connectivity index is 1.54. The van der Waals surface area contributed by atoms with Gasteiger partial charge in [0.25, 0.3) is 0 Å². The highest BCUT2D eigenvalue weighted by atomic mass is 127. The maximum Gasteiger partial charge on any atom is 0.238 e. The fraction of sp³-hybridized carbons (Fsp3) is 0.160. The van der Waals surface area contributed by atoms with E-state index in [0.29, 0.717) is 39.6 Å². The van der Waals surface area contributed by atoms with Crippen molar-refractivity contribution in [3.8, 4) is 0 Å². The molecule has 1 fully saturated rings. The number of nitrogens with zero attached hydrogens (tertiary/aromatic N) is 2. The molecule has 174 valence electrons. The van der Waals surface area contributed by atoms with Crippen LogP contribution >= 0.6 is 57.6 Å². The molecular formula is C25H20Cl2IN3O2S. The second-order valence-electron chi connectivity index (χ2n) is 7.60. The summed E-state index contributed by atoms with van der Waals surface area (Å²) in [4.78, 5) is 32.5. The van der Waals surface area contributed by atoms with Crippen LogP contribution in [-0.2, 0) is 16.0 Å². The Bertz CT molecular complexity index is 1200. The van der Waals surface area contributed by atoms with Gasteiger partial charge in [-0.2, -0.15) is 0 Å². The van der Waals surface area contributed by atoms with Crippen molar-refractivity contribution in [2.75, 3.05) is 11.9 Å². The first-order chi connectivity index (χ1) is 16.4. The quantitative estimate of drug-likeness (QED) is 0.307. The smallest absolute Gasteiger partial charge is 0.238 e. The van der Waals surface area contributed by atoms with Crippen molar-refractivity contribution in [2.24, 2.45) is 4.99 Å². The molecule has 3 aromatic carbocycles. The monoisotopic (exact) mass is 623 g/mol. The van der Waals surface area contributed by atoms with Crippen molar-refractivity contribution in [1.82, 2.24) is 4.90 Å². The predicted molar refractivity (Wildman–Crippen MR) is 149 cm³/mol. The first-order valence-corrected chi connectivity index (χ1v) is 13.2. The normalized spacial score (nSPS) is 17.1. The summed E-state index contributed by atoms with van der Waals surface area (Å²) < 4.78 is 1.08. The molecule has 0 saturated carbocycles. The van der Waals surface area contributed by atoms with E-state index in [9.17, 15) is 9.59 Å². The van der Waals surface area contributed by atoms with Crippen LogP contribution in [0.25, 0.3) is 0 Å². The van der Waals surface area contributed by atoms with Gasteiger partial charge in [-0.25, -0.2) is 4.99 Å². The van der Waals surface area contributed by atoms with Gasteiger partial charge in [0, 0.05) is 32.3 Å². The minimum absolute atomic E-state index is 0.0983. The third-order valence-corrected chi connectivity index (χ3v) is 7.54. The van der Waals surface area contributed by atoms with E-state index in [1.165, 1.54) is 11.8 Å². The Labute approximate surface area is 226 Å². The second kappa shape index (κ2) is 11.6. The zero-order chi connectivity index (χ0) is 24.1. The fourth-order valence-corrected chi connectivity index (χ4v) is 5.07. The molecule has 1 aliphatic heterocycles. The summed E-state index contributed by atoms with van der Waals surface area (Å²) in [5.41, 5.74) is 2.42. The molecule has 5 nitrogen and oxygen atoms in total. The fourth-order valence-electron chi connectivity index (χ4n) is 3.34. The van der Waals surface area contributed by atoms with Crippen molar-refractivity contribution < 1.29 is 9.59 Å². The number of anilines is 1. The summed E-state index contributed by atoms with van der Waals surface area (Å²) in [5, 5.41) is 4.10. The minimum Gasteiger partial charge on any atom is -0.325 e. The molecule has 1 atom stereocenters. The highest BCUT2D eigenvalue weighted by molar-refractivity contribution is 14.1. The maximum absolute atomic E-state index is 13.1. The van der Waals surface area contributed by atoms with E-state index in [4.69, 9.17) is 28.2 Å².